The van der Waals surface area contributed by atoms with E-state index in [0.717, 1.165) is 42.7 Å². The summed E-state index contributed by atoms with van der Waals surface area (Å²) < 4.78 is 19.0. The van der Waals surface area contributed by atoms with Crippen molar-refractivity contribution in [1.29, 1.82) is 0 Å². The molecule has 5 rings (SSSR count). The lowest BCUT2D eigenvalue weighted by Gasteiger charge is -2.44. The van der Waals surface area contributed by atoms with Gasteiger partial charge in [-0.25, -0.2) is 4.39 Å². The standard InChI is InChI=1S/C31H34FN3O3/c1-3-16-33-17-19-34(20-18-33)31(37)28-26-6-4-5-7-27(26)30(36)35(21-22-8-12-24(32)13-9-22)29(28)23-10-14-25(38-2)15-11-23/h4-15,28-29H,3,16-21H2,1-2H3/t28-,29+/m0/s1. The molecule has 0 aromatic heterocycles. The third-order valence-corrected chi connectivity index (χ3v) is 7.65. The lowest BCUT2D eigenvalue weighted by atomic mass is 9.78. The van der Waals surface area contributed by atoms with Gasteiger partial charge in [0.15, 0.2) is 0 Å². The van der Waals surface area contributed by atoms with Crippen molar-refractivity contribution in [2.45, 2.75) is 31.8 Å². The van der Waals surface area contributed by atoms with Gasteiger partial charge in [-0.1, -0.05) is 49.4 Å². The van der Waals surface area contributed by atoms with E-state index in [1.54, 1.807) is 30.2 Å². The van der Waals surface area contributed by atoms with Crippen molar-refractivity contribution in [3.8, 4) is 5.75 Å². The largest absolute Gasteiger partial charge is 0.497 e. The van der Waals surface area contributed by atoms with E-state index in [1.165, 1.54) is 12.1 Å². The molecule has 0 saturated carbocycles. The zero-order valence-corrected chi connectivity index (χ0v) is 22.0. The van der Waals surface area contributed by atoms with Crippen LogP contribution < -0.4 is 4.74 Å². The lowest BCUT2D eigenvalue weighted by Crippen LogP contribution is -2.53. The Bertz CT molecular complexity index is 1270. The zero-order chi connectivity index (χ0) is 26.6. The molecule has 0 aliphatic carbocycles. The smallest absolute Gasteiger partial charge is 0.255 e. The summed E-state index contributed by atoms with van der Waals surface area (Å²) in [7, 11) is 1.61. The van der Waals surface area contributed by atoms with E-state index in [2.05, 4.69) is 11.8 Å². The predicted molar refractivity (Wildman–Crippen MR) is 145 cm³/mol. The number of halogens is 1. The fraction of sp³-hybridized carbons (Fsp3) is 0.355. The molecule has 3 aromatic carbocycles. The molecule has 1 saturated heterocycles. The first kappa shape index (κ1) is 25.9. The van der Waals surface area contributed by atoms with Gasteiger partial charge in [0.25, 0.3) is 5.91 Å². The van der Waals surface area contributed by atoms with Gasteiger partial charge >= 0.3 is 0 Å². The number of ether oxygens (including phenoxy) is 1. The summed E-state index contributed by atoms with van der Waals surface area (Å²) in [4.78, 5) is 34.4. The molecule has 2 aliphatic heterocycles. The summed E-state index contributed by atoms with van der Waals surface area (Å²) in [6.07, 6.45) is 1.09. The van der Waals surface area contributed by atoms with Crippen LogP contribution in [0.15, 0.2) is 72.8 Å². The van der Waals surface area contributed by atoms with E-state index in [-0.39, 0.29) is 24.2 Å². The zero-order valence-electron chi connectivity index (χ0n) is 22.0. The van der Waals surface area contributed by atoms with Gasteiger partial charge in [0.1, 0.15) is 11.6 Å². The number of piperazine rings is 1. The SMILES string of the molecule is CCCN1CCN(C(=O)[C@H]2c3ccccc3C(=O)N(Cc3ccc(F)cc3)[C@@H]2c2ccc(OC)cc2)CC1. The first-order chi connectivity index (χ1) is 18.5. The van der Waals surface area contributed by atoms with Gasteiger partial charge in [-0.15, -0.1) is 0 Å². The molecule has 2 amide bonds. The third kappa shape index (κ3) is 5.16. The Morgan fingerprint density at radius 2 is 1.63 bits per heavy atom. The highest BCUT2D eigenvalue weighted by molar-refractivity contribution is 6.01. The van der Waals surface area contributed by atoms with Crippen LogP contribution in [0.5, 0.6) is 5.75 Å². The quantitative estimate of drug-likeness (QED) is 0.451. The van der Waals surface area contributed by atoms with E-state index in [4.69, 9.17) is 4.74 Å². The summed E-state index contributed by atoms with van der Waals surface area (Å²) in [5, 5.41) is 0. The molecule has 7 heteroatoms. The normalized spacial score (nSPS) is 19.8. The van der Waals surface area contributed by atoms with Gasteiger partial charge in [-0.05, 0) is 60.0 Å². The Balaban J connectivity index is 1.57. The Morgan fingerprint density at radius 3 is 2.29 bits per heavy atom. The summed E-state index contributed by atoms with van der Waals surface area (Å²) in [5.41, 5.74) is 2.97. The molecule has 2 aliphatic rings. The maximum absolute atomic E-state index is 14.3. The maximum atomic E-state index is 14.3. The van der Waals surface area contributed by atoms with Crippen LogP contribution in [0, 0.1) is 5.82 Å². The highest BCUT2D eigenvalue weighted by atomic mass is 19.1. The van der Waals surface area contributed by atoms with Crippen LogP contribution in [0.1, 0.15) is 52.4 Å². The van der Waals surface area contributed by atoms with E-state index in [0.29, 0.717) is 24.4 Å². The molecule has 6 nitrogen and oxygen atoms in total. The molecule has 38 heavy (non-hydrogen) atoms. The number of nitrogens with zero attached hydrogens (tertiary/aromatic N) is 3. The van der Waals surface area contributed by atoms with Gasteiger partial charge in [0, 0.05) is 38.3 Å². The van der Waals surface area contributed by atoms with Crippen LogP contribution in [0.3, 0.4) is 0 Å². The van der Waals surface area contributed by atoms with Crippen LogP contribution in [-0.2, 0) is 11.3 Å². The number of hydrogen-bond acceptors (Lipinski definition) is 4. The Morgan fingerprint density at radius 1 is 0.947 bits per heavy atom. The van der Waals surface area contributed by atoms with Crippen molar-refractivity contribution >= 4 is 11.8 Å². The van der Waals surface area contributed by atoms with Crippen LogP contribution in [-0.4, -0.2) is 66.3 Å². The van der Waals surface area contributed by atoms with Gasteiger partial charge in [-0.3, -0.25) is 14.5 Å². The number of hydrogen-bond donors (Lipinski definition) is 0. The molecule has 0 spiro atoms. The Kier molecular flexibility index (Phi) is 7.74. The number of fused-ring (bicyclic) bond motifs is 1. The van der Waals surface area contributed by atoms with E-state index < -0.39 is 12.0 Å². The molecule has 0 bridgehead atoms. The van der Waals surface area contributed by atoms with E-state index in [1.807, 2.05) is 47.4 Å². The van der Waals surface area contributed by atoms with E-state index in [9.17, 15) is 14.0 Å². The molecule has 2 atom stereocenters. The summed E-state index contributed by atoms with van der Waals surface area (Å²) in [6.45, 7) is 6.49. The molecule has 2 heterocycles. The number of rotatable bonds is 7. The topological polar surface area (TPSA) is 53.1 Å². The van der Waals surface area contributed by atoms with Gasteiger partial charge in [-0.2, -0.15) is 0 Å². The first-order valence-electron chi connectivity index (χ1n) is 13.3. The first-order valence-corrected chi connectivity index (χ1v) is 13.3. The molecule has 3 aromatic rings. The average molecular weight is 516 g/mol. The fourth-order valence-corrected chi connectivity index (χ4v) is 5.70. The number of amides is 2. The fourth-order valence-electron chi connectivity index (χ4n) is 5.70. The van der Waals surface area contributed by atoms with Crippen molar-refractivity contribution < 1.29 is 18.7 Å². The van der Waals surface area contributed by atoms with Gasteiger partial charge in [0.05, 0.1) is 19.1 Å². The predicted octanol–water partition coefficient (Wildman–Crippen LogP) is 4.87. The molecule has 0 unspecified atom stereocenters. The minimum absolute atomic E-state index is 0.0334. The van der Waals surface area contributed by atoms with Crippen molar-refractivity contribution in [3.05, 3.63) is 101 Å². The van der Waals surface area contributed by atoms with Crippen LogP contribution in [0.2, 0.25) is 0 Å². The van der Waals surface area contributed by atoms with E-state index >= 15 is 0 Å². The minimum Gasteiger partial charge on any atom is -0.497 e. The second-order valence-electron chi connectivity index (χ2n) is 10.0. The van der Waals surface area contributed by atoms with Crippen molar-refractivity contribution in [3.63, 3.8) is 0 Å². The monoisotopic (exact) mass is 515 g/mol. The molecule has 1 fully saturated rings. The average Bonchev–Trinajstić information content (AvgIpc) is 2.96. The van der Waals surface area contributed by atoms with Gasteiger partial charge < -0.3 is 14.5 Å². The van der Waals surface area contributed by atoms with Crippen LogP contribution in [0.4, 0.5) is 4.39 Å². The maximum Gasteiger partial charge on any atom is 0.255 e. The highest BCUT2D eigenvalue weighted by Gasteiger charge is 2.45. The minimum atomic E-state index is -0.560. The molecular formula is C31H34FN3O3. The molecule has 0 N–H and O–H groups in total. The highest BCUT2D eigenvalue weighted by Crippen LogP contribution is 2.44. The van der Waals surface area contributed by atoms with Gasteiger partial charge in [0.2, 0.25) is 5.91 Å². The number of methoxy groups -OCH3 is 1. The number of benzene rings is 3. The van der Waals surface area contributed by atoms with Crippen molar-refractivity contribution in [1.82, 2.24) is 14.7 Å². The molecular weight excluding hydrogens is 481 g/mol. The molecule has 198 valence electrons. The Labute approximate surface area is 223 Å². The number of carbonyl (C=O) groups excluding carboxylic acids is 2. The Hall–Kier alpha value is -3.71. The summed E-state index contributed by atoms with van der Waals surface area (Å²) >= 11 is 0. The van der Waals surface area contributed by atoms with Crippen LogP contribution in [0.25, 0.3) is 0 Å². The number of carbonyl (C=O) groups is 2. The van der Waals surface area contributed by atoms with Crippen molar-refractivity contribution in [2.24, 2.45) is 0 Å². The third-order valence-electron chi connectivity index (χ3n) is 7.65. The summed E-state index contributed by atoms with van der Waals surface area (Å²) in [5.74, 6) is -0.286. The summed E-state index contributed by atoms with van der Waals surface area (Å²) in [6, 6.07) is 20.7. The second kappa shape index (κ2) is 11.4. The second-order valence-corrected chi connectivity index (χ2v) is 10.0. The van der Waals surface area contributed by atoms with Crippen LogP contribution >= 0.6 is 0 Å². The molecule has 0 radical (unpaired) electrons. The van der Waals surface area contributed by atoms with Crippen molar-refractivity contribution in [2.75, 3.05) is 39.8 Å². The lowest BCUT2D eigenvalue weighted by molar-refractivity contribution is -0.136.